The van der Waals surface area contributed by atoms with Gasteiger partial charge in [-0.1, -0.05) is 0 Å². The van der Waals surface area contributed by atoms with E-state index in [1.165, 1.54) is 12.1 Å². The fourth-order valence-corrected chi connectivity index (χ4v) is 2.60. The fourth-order valence-electron chi connectivity index (χ4n) is 2.60. The van der Waals surface area contributed by atoms with Gasteiger partial charge in [0.15, 0.2) is 0 Å². The van der Waals surface area contributed by atoms with Crippen molar-refractivity contribution in [3.8, 4) is 5.75 Å². The molecule has 0 unspecified atom stereocenters. The Labute approximate surface area is 122 Å². The lowest BCUT2D eigenvalue weighted by Gasteiger charge is -2.17. The van der Waals surface area contributed by atoms with E-state index in [2.05, 4.69) is 0 Å². The summed E-state index contributed by atoms with van der Waals surface area (Å²) in [6.07, 6.45) is 0.682. The molecule has 1 N–H and O–H groups in total. The first-order valence-corrected chi connectivity index (χ1v) is 7.12. The van der Waals surface area contributed by atoms with Crippen molar-refractivity contribution in [2.24, 2.45) is 0 Å². The molecule has 0 bridgehead atoms. The second-order valence-corrected chi connectivity index (χ2v) is 6.17. The quantitative estimate of drug-likeness (QED) is 0.803. The second kappa shape index (κ2) is 5.62. The Morgan fingerprint density at radius 2 is 2.10 bits per heavy atom. The first-order chi connectivity index (χ1) is 9.70. The summed E-state index contributed by atoms with van der Waals surface area (Å²) < 4.78 is 34.0. The van der Waals surface area contributed by atoms with Crippen LogP contribution in [0.3, 0.4) is 0 Å². The third kappa shape index (κ3) is 3.93. The van der Waals surface area contributed by atoms with E-state index in [4.69, 9.17) is 9.84 Å². The molecule has 0 saturated carbocycles. The van der Waals surface area contributed by atoms with Crippen molar-refractivity contribution in [1.29, 1.82) is 0 Å². The molecule has 1 aromatic rings. The van der Waals surface area contributed by atoms with Gasteiger partial charge in [0.25, 0.3) is 5.92 Å². The van der Waals surface area contributed by atoms with Crippen molar-refractivity contribution in [3.05, 3.63) is 29.3 Å². The first kappa shape index (κ1) is 15.7. The highest BCUT2D eigenvalue weighted by atomic mass is 19.3. The number of hydrogen-bond acceptors (Lipinski definition) is 2. The van der Waals surface area contributed by atoms with Crippen LogP contribution >= 0.6 is 0 Å². The maximum absolute atomic E-state index is 14.2. The number of benzene rings is 1. The van der Waals surface area contributed by atoms with Gasteiger partial charge < -0.3 is 9.84 Å². The molecule has 1 aromatic carbocycles. The van der Waals surface area contributed by atoms with Crippen LogP contribution in [-0.2, 0) is 17.1 Å². The van der Waals surface area contributed by atoms with Crippen molar-refractivity contribution in [2.45, 2.75) is 57.5 Å². The Balaban J connectivity index is 2.03. The highest BCUT2D eigenvalue weighted by Gasteiger charge is 2.35. The number of carbonyl (C=O) groups is 1. The molecule has 1 aliphatic heterocycles. The molecule has 116 valence electrons. The molecule has 1 aliphatic rings. The van der Waals surface area contributed by atoms with Crippen molar-refractivity contribution < 1.29 is 23.4 Å². The van der Waals surface area contributed by atoms with E-state index in [-0.39, 0.29) is 36.8 Å². The Kier molecular flexibility index (Phi) is 4.21. The zero-order valence-electron chi connectivity index (χ0n) is 12.3. The predicted octanol–water partition coefficient (Wildman–Crippen LogP) is 4.14. The van der Waals surface area contributed by atoms with Crippen LogP contribution in [0.25, 0.3) is 0 Å². The molecular weight excluding hydrogens is 278 g/mol. The third-order valence-electron chi connectivity index (χ3n) is 3.62. The summed E-state index contributed by atoms with van der Waals surface area (Å²) in [6.45, 7) is 3.85. The molecule has 2 rings (SSSR count). The minimum atomic E-state index is -2.93. The minimum absolute atomic E-state index is 0.0159. The van der Waals surface area contributed by atoms with Gasteiger partial charge in [-0.05, 0) is 50.5 Å². The van der Waals surface area contributed by atoms with Gasteiger partial charge in [0.05, 0.1) is 0 Å². The van der Waals surface area contributed by atoms with Crippen LogP contribution in [0, 0.1) is 0 Å². The number of hydrogen-bond donors (Lipinski definition) is 1. The van der Waals surface area contributed by atoms with Gasteiger partial charge >= 0.3 is 5.97 Å². The van der Waals surface area contributed by atoms with Crippen LogP contribution in [0.15, 0.2) is 18.2 Å². The van der Waals surface area contributed by atoms with Gasteiger partial charge in [-0.15, -0.1) is 0 Å². The number of carboxylic acid groups (broad SMARTS) is 1. The summed E-state index contributed by atoms with van der Waals surface area (Å²) in [5.41, 5.74) is 0.443. The van der Waals surface area contributed by atoms with Gasteiger partial charge in [-0.25, -0.2) is 8.78 Å². The van der Waals surface area contributed by atoms with Crippen LogP contribution in [-0.4, -0.2) is 16.7 Å². The fraction of sp³-hybridized carbons (Fsp3) is 0.562. The number of rotatable bonds is 6. The van der Waals surface area contributed by atoms with Crippen molar-refractivity contribution in [3.63, 3.8) is 0 Å². The molecule has 0 amide bonds. The van der Waals surface area contributed by atoms with Crippen molar-refractivity contribution in [1.82, 2.24) is 0 Å². The maximum atomic E-state index is 14.2. The molecule has 0 aromatic heterocycles. The molecule has 0 fully saturated rings. The number of halogens is 2. The third-order valence-corrected chi connectivity index (χ3v) is 3.62. The normalized spacial score (nSPS) is 16.4. The lowest BCUT2D eigenvalue weighted by Crippen LogP contribution is -2.24. The van der Waals surface area contributed by atoms with Gasteiger partial charge in [0, 0.05) is 24.8 Å². The number of unbranched alkanes of at least 4 members (excludes halogenated alkanes) is 1. The summed E-state index contributed by atoms with van der Waals surface area (Å²) in [5.74, 6) is -3.21. The summed E-state index contributed by atoms with van der Waals surface area (Å²) in [5, 5.41) is 8.51. The summed E-state index contributed by atoms with van der Waals surface area (Å²) in [4.78, 5) is 10.4. The van der Waals surface area contributed by atoms with Gasteiger partial charge in [0.2, 0.25) is 0 Å². The minimum Gasteiger partial charge on any atom is -0.487 e. The summed E-state index contributed by atoms with van der Waals surface area (Å²) in [7, 11) is 0. The van der Waals surface area contributed by atoms with Gasteiger partial charge in [-0.2, -0.15) is 0 Å². The monoisotopic (exact) mass is 298 g/mol. The molecule has 0 radical (unpaired) electrons. The van der Waals surface area contributed by atoms with E-state index in [1.807, 2.05) is 13.8 Å². The number of aliphatic carboxylic acids is 1. The van der Waals surface area contributed by atoms with E-state index in [1.54, 1.807) is 6.07 Å². The van der Waals surface area contributed by atoms with Crippen LogP contribution in [0.5, 0.6) is 5.75 Å². The second-order valence-electron chi connectivity index (χ2n) is 6.17. The van der Waals surface area contributed by atoms with E-state index in [0.717, 1.165) is 5.56 Å². The number of fused-ring (bicyclic) bond motifs is 1. The highest BCUT2D eigenvalue weighted by molar-refractivity contribution is 5.66. The SMILES string of the molecule is CC1(C)Cc2cc(C(F)(F)CCCCC(=O)O)ccc2O1. The zero-order chi connectivity index (χ0) is 15.7. The van der Waals surface area contributed by atoms with Crippen LogP contribution in [0.2, 0.25) is 0 Å². The lowest BCUT2D eigenvalue weighted by atomic mass is 9.96. The smallest absolute Gasteiger partial charge is 0.303 e. The standard InChI is InChI=1S/C16H20F2O3/c1-15(2)10-11-9-12(6-7-13(11)21-15)16(17,18)8-4-3-5-14(19)20/h6-7,9H,3-5,8,10H2,1-2H3,(H,19,20). The largest absolute Gasteiger partial charge is 0.487 e. The Morgan fingerprint density at radius 3 is 2.76 bits per heavy atom. The van der Waals surface area contributed by atoms with Crippen molar-refractivity contribution >= 4 is 5.97 Å². The van der Waals surface area contributed by atoms with Crippen molar-refractivity contribution in [2.75, 3.05) is 0 Å². The van der Waals surface area contributed by atoms with E-state index in [9.17, 15) is 13.6 Å². The Hall–Kier alpha value is -1.65. The van der Waals surface area contributed by atoms with E-state index < -0.39 is 11.9 Å². The Morgan fingerprint density at radius 1 is 1.38 bits per heavy atom. The van der Waals surface area contributed by atoms with Crippen LogP contribution in [0.4, 0.5) is 8.78 Å². The molecule has 3 nitrogen and oxygen atoms in total. The summed E-state index contributed by atoms with van der Waals surface area (Å²) in [6, 6.07) is 4.52. The van der Waals surface area contributed by atoms with Crippen LogP contribution < -0.4 is 4.74 Å². The lowest BCUT2D eigenvalue weighted by molar-refractivity contribution is -0.137. The van der Waals surface area contributed by atoms with Gasteiger partial charge in [0.1, 0.15) is 11.4 Å². The maximum Gasteiger partial charge on any atom is 0.303 e. The molecule has 21 heavy (non-hydrogen) atoms. The topological polar surface area (TPSA) is 46.5 Å². The molecule has 1 heterocycles. The zero-order valence-corrected chi connectivity index (χ0v) is 12.3. The average Bonchev–Trinajstić information content (AvgIpc) is 2.67. The highest BCUT2D eigenvalue weighted by Crippen LogP contribution is 2.40. The molecule has 0 atom stereocenters. The van der Waals surface area contributed by atoms with E-state index in [0.29, 0.717) is 12.2 Å². The van der Waals surface area contributed by atoms with Gasteiger partial charge in [-0.3, -0.25) is 4.79 Å². The number of carboxylic acids is 1. The Bertz CT molecular complexity index is 538. The summed E-state index contributed by atoms with van der Waals surface area (Å²) >= 11 is 0. The van der Waals surface area contributed by atoms with Crippen LogP contribution in [0.1, 0.15) is 50.7 Å². The average molecular weight is 298 g/mol. The molecule has 0 saturated heterocycles. The predicted molar refractivity (Wildman–Crippen MR) is 74.9 cm³/mol. The molecular formula is C16H20F2O3. The number of alkyl halides is 2. The molecule has 5 heteroatoms. The number of ether oxygens (including phenoxy) is 1. The molecule has 0 aliphatic carbocycles. The first-order valence-electron chi connectivity index (χ1n) is 7.12. The van der Waals surface area contributed by atoms with E-state index >= 15 is 0 Å². The molecule has 0 spiro atoms.